The predicted molar refractivity (Wildman–Crippen MR) is 81.6 cm³/mol. The summed E-state index contributed by atoms with van der Waals surface area (Å²) in [6.45, 7) is 7.91. The van der Waals surface area contributed by atoms with Crippen LogP contribution in [0.1, 0.15) is 38.1 Å². The Morgan fingerprint density at radius 3 is 1.95 bits per heavy atom. The standard InChI is InChI=1S/C15H19Cl2NO2/c1-8-10(3)20-11(4)9(2)18(8)15(19)14-12(16)6-5-7-13(14)17/h5-11H,1-4H3/t8-,9-,10+,11+/m1/s1. The maximum absolute atomic E-state index is 12.9. The molecular weight excluding hydrogens is 297 g/mol. The minimum Gasteiger partial charge on any atom is -0.371 e. The molecule has 1 fully saturated rings. The molecule has 0 saturated carbocycles. The van der Waals surface area contributed by atoms with Crippen molar-refractivity contribution in [2.24, 2.45) is 0 Å². The van der Waals surface area contributed by atoms with Crippen molar-refractivity contribution in [2.75, 3.05) is 0 Å². The van der Waals surface area contributed by atoms with Crippen LogP contribution < -0.4 is 0 Å². The van der Waals surface area contributed by atoms with Crippen LogP contribution in [0.2, 0.25) is 10.0 Å². The predicted octanol–water partition coefficient (Wildman–Crippen LogP) is 4.02. The Balaban J connectivity index is 2.40. The third-order valence-corrected chi connectivity index (χ3v) is 4.71. The molecule has 1 amide bonds. The normalized spacial score (nSPS) is 30.4. The highest BCUT2D eigenvalue weighted by atomic mass is 35.5. The molecule has 0 unspecified atom stereocenters. The Kier molecular flexibility index (Phi) is 4.62. The topological polar surface area (TPSA) is 29.5 Å². The second-order valence-corrected chi connectivity index (χ2v) is 6.15. The molecule has 1 aliphatic rings. The molecule has 0 aliphatic carbocycles. The van der Waals surface area contributed by atoms with Crippen LogP contribution in [0.4, 0.5) is 0 Å². The van der Waals surface area contributed by atoms with Crippen molar-refractivity contribution in [2.45, 2.75) is 52.0 Å². The number of hydrogen-bond donors (Lipinski definition) is 0. The Hall–Kier alpha value is -0.770. The average Bonchev–Trinajstić information content (AvgIpc) is 2.36. The van der Waals surface area contributed by atoms with Gasteiger partial charge < -0.3 is 9.64 Å². The first-order chi connectivity index (χ1) is 9.34. The van der Waals surface area contributed by atoms with Gasteiger partial charge in [-0.25, -0.2) is 0 Å². The van der Waals surface area contributed by atoms with Crippen LogP contribution >= 0.6 is 23.2 Å². The lowest BCUT2D eigenvalue weighted by Gasteiger charge is -2.46. The number of amides is 1. The lowest BCUT2D eigenvalue weighted by Crippen LogP contribution is -2.59. The van der Waals surface area contributed by atoms with Gasteiger partial charge in [-0.05, 0) is 39.8 Å². The average molecular weight is 316 g/mol. The van der Waals surface area contributed by atoms with E-state index in [-0.39, 0.29) is 30.2 Å². The van der Waals surface area contributed by atoms with Crippen molar-refractivity contribution in [1.82, 2.24) is 4.90 Å². The SMILES string of the molecule is C[C@@H]1O[C@@H](C)[C@@H](C)N(C(=O)c2c(Cl)cccc2Cl)[C@@H]1C. The van der Waals surface area contributed by atoms with Crippen molar-refractivity contribution < 1.29 is 9.53 Å². The second-order valence-electron chi connectivity index (χ2n) is 5.34. The molecule has 0 N–H and O–H groups in total. The van der Waals surface area contributed by atoms with Crippen molar-refractivity contribution in [3.8, 4) is 0 Å². The van der Waals surface area contributed by atoms with Gasteiger partial charge in [0.25, 0.3) is 5.91 Å². The third kappa shape index (κ3) is 2.67. The number of carbonyl (C=O) groups is 1. The summed E-state index contributed by atoms with van der Waals surface area (Å²) in [7, 11) is 0. The van der Waals surface area contributed by atoms with E-state index in [9.17, 15) is 4.79 Å². The Morgan fingerprint density at radius 2 is 1.50 bits per heavy atom. The van der Waals surface area contributed by atoms with E-state index < -0.39 is 0 Å². The molecule has 3 nitrogen and oxygen atoms in total. The van der Waals surface area contributed by atoms with Gasteiger partial charge in [-0.1, -0.05) is 29.3 Å². The molecule has 0 bridgehead atoms. The quantitative estimate of drug-likeness (QED) is 0.783. The molecule has 1 saturated heterocycles. The van der Waals surface area contributed by atoms with E-state index in [0.717, 1.165) is 0 Å². The van der Waals surface area contributed by atoms with Gasteiger partial charge in [0.05, 0.1) is 39.9 Å². The van der Waals surface area contributed by atoms with E-state index in [0.29, 0.717) is 15.6 Å². The molecule has 20 heavy (non-hydrogen) atoms. The zero-order chi connectivity index (χ0) is 15.0. The molecular formula is C15H19Cl2NO2. The number of halogens is 2. The molecule has 0 spiro atoms. The van der Waals surface area contributed by atoms with Crippen LogP contribution in [0, 0.1) is 0 Å². The van der Waals surface area contributed by atoms with E-state index >= 15 is 0 Å². The maximum Gasteiger partial charge on any atom is 0.257 e. The van der Waals surface area contributed by atoms with Gasteiger partial charge in [0.15, 0.2) is 0 Å². The maximum atomic E-state index is 12.9. The number of morpholine rings is 1. The smallest absolute Gasteiger partial charge is 0.257 e. The molecule has 0 aromatic heterocycles. The van der Waals surface area contributed by atoms with E-state index in [4.69, 9.17) is 27.9 Å². The highest BCUT2D eigenvalue weighted by Crippen LogP contribution is 2.31. The van der Waals surface area contributed by atoms with Crippen molar-refractivity contribution >= 4 is 29.1 Å². The monoisotopic (exact) mass is 315 g/mol. The lowest BCUT2D eigenvalue weighted by atomic mass is 10.0. The zero-order valence-electron chi connectivity index (χ0n) is 12.1. The third-order valence-electron chi connectivity index (χ3n) is 4.08. The fraction of sp³-hybridized carbons (Fsp3) is 0.533. The van der Waals surface area contributed by atoms with Crippen LogP contribution in [0.25, 0.3) is 0 Å². The first-order valence-corrected chi connectivity index (χ1v) is 7.52. The first kappa shape index (κ1) is 15.6. The van der Waals surface area contributed by atoms with Crippen LogP contribution in [0.5, 0.6) is 0 Å². The van der Waals surface area contributed by atoms with Gasteiger partial charge in [0, 0.05) is 0 Å². The minimum absolute atomic E-state index is 0.0218. The van der Waals surface area contributed by atoms with Crippen LogP contribution in [0.15, 0.2) is 18.2 Å². The minimum atomic E-state index is -0.136. The Morgan fingerprint density at radius 1 is 1.05 bits per heavy atom. The van der Waals surface area contributed by atoms with Gasteiger partial charge in [-0.3, -0.25) is 4.79 Å². The molecule has 1 aromatic carbocycles. The molecule has 110 valence electrons. The lowest BCUT2D eigenvalue weighted by molar-refractivity contribution is -0.114. The fourth-order valence-corrected chi connectivity index (χ4v) is 3.15. The van der Waals surface area contributed by atoms with Crippen molar-refractivity contribution in [3.05, 3.63) is 33.8 Å². The summed E-state index contributed by atoms with van der Waals surface area (Å²) in [5.41, 5.74) is 0.371. The van der Waals surface area contributed by atoms with Gasteiger partial charge >= 0.3 is 0 Å². The highest BCUT2D eigenvalue weighted by molar-refractivity contribution is 6.39. The zero-order valence-corrected chi connectivity index (χ0v) is 13.6. The molecule has 1 aliphatic heterocycles. The Labute approximate surface area is 129 Å². The largest absolute Gasteiger partial charge is 0.371 e. The molecule has 1 heterocycles. The molecule has 1 aromatic rings. The number of benzene rings is 1. The van der Waals surface area contributed by atoms with E-state index in [1.165, 1.54) is 0 Å². The molecule has 5 heteroatoms. The van der Waals surface area contributed by atoms with Crippen molar-refractivity contribution in [1.29, 1.82) is 0 Å². The second kappa shape index (κ2) is 5.92. The number of hydrogen-bond acceptors (Lipinski definition) is 2. The van der Waals surface area contributed by atoms with Crippen LogP contribution in [-0.2, 0) is 4.74 Å². The van der Waals surface area contributed by atoms with Crippen LogP contribution in [0.3, 0.4) is 0 Å². The summed E-state index contributed by atoms with van der Waals surface area (Å²) >= 11 is 12.3. The summed E-state index contributed by atoms with van der Waals surface area (Å²) in [5.74, 6) is -0.136. The summed E-state index contributed by atoms with van der Waals surface area (Å²) in [4.78, 5) is 14.7. The van der Waals surface area contributed by atoms with E-state index in [1.54, 1.807) is 18.2 Å². The van der Waals surface area contributed by atoms with E-state index in [2.05, 4.69) is 0 Å². The summed E-state index contributed by atoms with van der Waals surface area (Å²) in [6.07, 6.45) is -0.0437. The van der Waals surface area contributed by atoms with Gasteiger partial charge in [-0.15, -0.1) is 0 Å². The molecule has 2 rings (SSSR count). The van der Waals surface area contributed by atoms with Gasteiger partial charge in [0.1, 0.15) is 0 Å². The van der Waals surface area contributed by atoms with Gasteiger partial charge in [-0.2, -0.15) is 0 Å². The summed E-state index contributed by atoms with van der Waals surface area (Å²) in [6, 6.07) is 5.05. The first-order valence-electron chi connectivity index (χ1n) is 6.76. The Bertz CT molecular complexity index is 486. The number of nitrogens with zero attached hydrogens (tertiary/aromatic N) is 1. The van der Waals surface area contributed by atoms with E-state index in [1.807, 2.05) is 32.6 Å². The van der Waals surface area contributed by atoms with Crippen LogP contribution in [-0.4, -0.2) is 35.1 Å². The molecule has 4 atom stereocenters. The number of carbonyl (C=O) groups excluding carboxylic acids is 1. The summed E-state index contributed by atoms with van der Waals surface area (Å²) < 4.78 is 5.83. The number of rotatable bonds is 1. The molecule has 0 radical (unpaired) electrons. The highest BCUT2D eigenvalue weighted by Gasteiger charge is 2.39. The van der Waals surface area contributed by atoms with Crippen molar-refractivity contribution in [3.63, 3.8) is 0 Å². The van der Waals surface area contributed by atoms with Gasteiger partial charge in [0.2, 0.25) is 0 Å². The summed E-state index contributed by atoms with van der Waals surface area (Å²) in [5, 5.41) is 0.766. The number of ether oxygens (including phenoxy) is 1. The fourth-order valence-electron chi connectivity index (χ4n) is 2.59.